The average molecular weight is 281 g/mol. The van der Waals surface area contributed by atoms with Crippen molar-refractivity contribution in [3.8, 4) is 0 Å². The molecule has 1 N–H and O–H groups in total. The van der Waals surface area contributed by atoms with Crippen molar-refractivity contribution in [3.63, 3.8) is 0 Å². The maximum Gasteiger partial charge on any atom is 0.133 e. The normalized spacial score (nSPS) is 14.9. The fourth-order valence-electron chi connectivity index (χ4n) is 2.69. The van der Waals surface area contributed by atoms with Crippen LogP contribution >= 0.6 is 0 Å². The second kappa shape index (κ2) is 5.04. The van der Waals surface area contributed by atoms with Gasteiger partial charge in [-0.15, -0.1) is 0 Å². The van der Waals surface area contributed by atoms with Crippen molar-refractivity contribution >= 4 is 10.9 Å². The summed E-state index contributed by atoms with van der Waals surface area (Å²) in [5.74, 6) is 0.857. The summed E-state index contributed by atoms with van der Waals surface area (Å²) in [4.78, 5) is 0. The Bertz CT molecular complexity index is 767. The number of hydrogen-bond donors (Lipinski definition) is 1. The topological polar surface area (TPSA) is 43.0 Å². The van der Waals surface area contributed by atoms with Gasteiger partial charge < -0.3 is 14.4 Å². The van der Waals surface area contributed by atoms with E-state index in [2.05, 4.69) is 45.5 Å². The van der Waals surface area contributed by atoms with Gasteiger partial charge in [0.15, 0.2) is 0 Å². The molecule has 1 aliphatic rings. The lowest BCUT2D eigenvalue weighted by Crippen LogP contribution is -2.15. The van der Waals surface area contributed by atoms with Crippen LogP contribution in [0, 0.1) is 6.92 Å². The number of benzene rings is 1. The van der Waals surface area contributed by atoms with Crippen molar-refractivity contribution in [2.24, 2.45) is 0 Å². The number of nitrogens with one attached hydrogen (secondary N) is 1. The van der Waals surface area contributed by atoms with Crippen LogP contribution in [0.15, 0.2) is 41.1 Å². The van der Waals surface area contributed by atoms with Crippen LogP contribution in [0.1, 0.15) is 29.9 Å². The highest BCUT2D eigenvalue weighted by atomic mass is 16.5. The first-order valence-corrected chi connectivity index (χ1v) is 7.51. The molecule has 0 spiro atoms. The van der Waals surface area contributed by atoms with Crippen LogP contribution in [0.4, 0.5) is 0 Å². The molecule has 0 amide bonds. The minimum Gasteiger partial charge on any atom is -0.361 e. The van der Waals surface area contributed by atoms with E-state index in [0.717, 1.165) is 30.6 Å². The fraction of sp³-hybridized carbons (Fsp3) is 0.353. The highest BCUT2D eigenvalue weighted by Gasteiger charge is 2.19. The lowest BCUT2D eigenvalue weighted by Gasteiger charge is -2.06. The predicted octanol–water partition coefficient (Wildman–Crippen LogP) is 3.24. The summed E-state index contributed by atoms with van der Waals surface area (Å²) in [5.41, 5.74) is 3.56. The van der Waals surface area contributed by atoms with Gasteiger partial charge in [0.25, 0.3) is 0 Å². The quantitative estimate of drug-likeness (QED) is 0.780. The van der Waals surface area contributed by atoms with Crippen LogP contribution < -0.4 is 5.32 Å². The van der Waals surface area contributed by atoms with Gasteiger partial charge in [0.05, 0.1) is 6.54 Å². The highest BCUT2D eigenvalue weighted by molar-refractivity contribution is 5.80. The molecule has 2 heterocycles. The van der Waals surface area contributed by atoms with E-state index < -0.39 is 0 Å². The standard InChI is InChI=1S/C17H19N3O/c1-12-8-16(19-21-12)11-20-7-6-14-3-2-13(9-17(14)20)10-18-15-4-5-15/h2-3,6-9,15,18H,4-5,10-11H2,1H3. The van der Waals surface area contributed by atoms with Crippen LogP contribution in [-0.2, 0) is 13.1 Å². The Morgan fingerprint density at radius 3 is 2.95 bits per heavy atom. The van der Waals surface area contributed by atoms with E-state index in [0.29, 0.717) is 0 Å². The van der Waals surface area contributed by atoms with Crippen molar-refractivity contribution in [2.45, 2.75) is 38.9 Å². The number of rotatable bonds is 5. The summed E-state index contributed by atoms with van der Waals surface area (Å²) in [6, 6.07) is 11.6. The Kier molecular flexibility index (Phi) is 3.04. The predicted molar refractivity (Wildman–Crippen MR) is 82.1 cm³/mol. The Balaban J connectivity index is 1.60. The molecule has 0 saturated heterocycles. The molecule has 0 unspecified atom stereocenters. The van der Waals surface area contributed by atoms with E-state index in [-0.39, 0.29) is 0 Å². The first-order valence-electron chi connectivity index (χ1n) is 7.51. The first kappa shape index (κ1) is 12.7. The summed E-state index contributed by atoms with van der Waals surface area (Å²) in [7, 11) is 0. The number of fused-ring (bicyclic) bond motifs is 1. The Labute approximate surface area is 123 Å². The zero-order valence-corrected chi connectivity index (χ0v) is 12.2. The smallest absolute Gasteiger partial charge is 0.133 e. The molecule has 21 heavy (non-hydrogen) atoms. The van der Waals surface area contributed by atoms with Crippen molar-refractivity contribution in [1.29, 1.82) is 0 Å². The van der Waals surface area contributed by atoms with Crippen LogP contribution in [0.3, 0.4) is 0 Å². The van der Waals surface area contributed by atoms with E-state index in [4.69, 9.17) is 4.52 Å². The molecule has 0 atom stereocenters. The molecule has 4 nitrogen and oxygen atoms in total. The minimum atomic E-state index is 0.741. The summed E-state index contributed by atoms with van der Waals surface area (Å²) in [6.45, 7) is 3.63. The Morgan fingerprint density at radius 1 is 1.29 bits per heavy atom. The molecule has 4 heteroatoms. The van der Waals surface area contributed by atoms with Gasteiger partial charge in [-0.2, -0.15) is 0 Å². The van der Waals surface area contributed by atoms with Gasteiger partial charge in [-0.1, -0.05) is 17.3 Å². The van der Waals surface area contributed by atoms with Gasteiger partial charge >= 0.3 is 0 Å². The summed E-state index contributed by atoms with van der Waals surface area (Å²) >= 11 is 0. The van der Waals surface area contributed by atoms with E-state index >= 15 is 0 Å². The molecule has 108 valence electrons. The summed E-state index contributed by atoms with van der Waals surface area (Å²) < 4.78 is 7.38. The van der Waals surface area contributed by atoms with Crippen LogP contribution in [0.5, 0.6) is 0 Å². The lowest BCUT2D eigenvalue weighted by atomic mass is 10.1. The fourth-order valence-corrected chi connectivity index (χ4v) is 2.69. The van der Waals surface area contributed by atoms with Crippen LogP contribution in [0.2, 0.25) is 0 Å². The van der Waals surface area contributed by atoms with Crippen LogP contribution in [0.25, 0.3) is 10.9 Å². The third-order valence-electron chi connectivity index (χ3n) is 4.02. The van der Waals surface area contributed by atoms with Gasteiger partial charge in [-0.25, -0.2) is 0 Å². The first-order chi connectivity index (χ1) is 10.3. The van der Waals surface area contributed by atoms with Gasteiger partial charge in [0, 0.05) is 30.4 Å². The molecule has 1 saturated carbocycles. The number of aryl methyl sites for hydroxylation is 1. The molecule has 0 bridgehead atoms. The molecular weight excluding hydrogens is 262 g/mol. The number of nitrogens with zero attached hydrogens (tertiary/aromatic N) is 2. The second-order valence-corrected chi connectivity index (χ2v) is 5.92. The number of aromatic nitrogens is 2. The van der Waals surface area contributed by atoms with Crippen molar-refractivity contribution in [2.75, 3.05) is 0 Å². The maximum atomic E-state index is 5.15. The molecule has 4 rings (SSSR count). The van der Waals surface area contributed by atoms with E-state index in [1.165, 1.54) is 29.3 Å². The third kappa shape index (κ3) is 2.72. The average Bonchev–Trinajstić information content (AvgIpc) is 3.12. The molecular formula is C17H19N3O. The molecule has 0 aliphatic heterocycles. The maximum absolute atomic E-state index is 5.15. The SMILES string of the molecule is Cc1cc(Cn2ccc3ccc(CNC4CC4)cc32)no1. The summed E-state index contributed by atoms with van der Waals surface area (Å²) in [6.07, 6.45) is 4.76. The number of hydrogen-bond acceptors (Lipinski definition) is 3. The highest BCUT2D eigenvalue weighted by Crippen LogP contribution is 2.22. The molecule has 1 aromatic carbocycles. The Morgan fingerprint density at radius 2 is 2.19 bits per heavy atom. The van der Waals surface area contributed by atoms with Gasteiger partial charge in [-0.3, -0.25) is 0 Å². The summed E-state index contributed by atoms with van der Waals surface area (Å²) in [5, 5.41) is 8.91. The van der Waals surface area contributed by atoms with E-state index in [1.807, 2.05) is 13.0 Å². The van der Waals surface area contributed by atoms with Gasteiger partial charge in [0.2, 0.25) is 0 Å². The van der Waals surface area contributed by atoms with E-state index in [9.17, 15) is 0 Å². The Hall–Kier alpha value is -2.07. The van der Waals surface area contributed by atoms with Gasteiger partial charge in [-0.05, 0) is 42.8 Å². The van der Waals surface area contributed by atoms with Crippen molar-refractivity contribution in [1.82, 2.24) is 15.0 Å². The zero-order chi connectivity index (χ0) is 14.2. The molecule has 1 fully saturated rings. The monoisotopic (exact) mass is 281 g/mol. The minimum absolute atomic E-state index is 0.741. The molecule has 1 aliphatic carbocycles. The molecule has 3 aromatic rings. The van der Waals surface area contributed by atoms with Crippen molar-refractivity contribution < 1.29 is 4.52 Å². The molecule has 0 radical (unpaired) electrons. The third-order valence-corrected chi connectivity index (χ3v) is 4.02. The second-order valence-electron chi connectivity index (χ2n) is 5.92. The zero-order valence-electron chi connectivity index (χ0n) is 12.2. The lowest BCUT2D eigenvalue weighted by molar-refractivity contribution is 0.389. The largest absolute Gasteiger partial charge is 0.361 e. The van der Waals surface area contributed by atoms with Crippen molar-refractivity contribution in [3.05, 3.63) is 53.5 Å². The molecule has 2 aromatic heterocycles. The van der Waals surface area contributed by atoms with Crippen LogP contribution in [-0.4, -0.2) is 15.8 Å². The van der Waals surface area contributed by atoms with E-state index in [1.54, 1.807) is 0 Å². The van der Waals surface area contributed by atoms with Gasteiger partial charge in [0.1, 0.15) is 11.5 Å².